The first-order valence-corrected chi connectivity index (χ1v) is 8.28. The SMILES string of the molecule is CCN(CC(=O)Nc1ccc(OC)cc1)C(=O)CNC(=O)NC1CC1. The molecule has 1 saturated carbocycles. The summed E-state index contributed by atoms with van der Waals surface area (Å²) in [6.45, 7) is 1.94. The van der Waals surface area contributed by atoms with Crippen molar-refractivity contribution in [1.29, 1.82) is 0 Å². The molecule has 0 saturated heterocycles. The third-order valence-corrected chi connectivity index (χ3v) is 3.76. The van der Waals surface area contributed by atoms with Crippen LogP contribution in [0.15, 0.2) is 24.3 Å². The van der Waals surface area contributed by atoms with Gasteiger partial charge in [0.15, 0.2) is 0 Å². The molecule has 0 aliphatic heterocycles. The van der Waals surface area contributed by atoms with E-state index in [0.29, 0.717) is 18.0 Å². The standard InChI is InChI=1S/C17H24N4O4/c1-3-21(16(23)10-18-17(24)20-13-4-5-13)11-15(22)19-12-6-8-14(25-2)9-7-12/h6-9,13H,3-5,10-11H2,1-2H3,(H,19,22)(H2,18,20,24). The predicted molar refractivity (Wildman–Crippen MR) is 93.4 cm³/mol. The van der Waals surface area contributed by atoms with Crippen LogP contribution in [0.4, 0.5) is 10.5 Å². The van der Waals surface area contributed by atoms with Gasteiger partial charge >= 0.3 is 6.03 Å². The molecule has 1 aliphatic rings. The zero-order chi connectivity index (χ0) is 18.2. The summed E-state index contributed by atoms with van der Waals surface area (Å²) in [5.74, 6) is 0.0834. The van der Waals surface area contributed by atoms with Gasteiger partial charge in [-0.2, -0.15) is 0 Å². The monoisotopic (exact) mass is 348 g/mol. The normalized spacial score (nSPS) is 12.9. The minimum absolute atomic E-state index is 0.0761. The molecule has 0 unspecified atom stereocenters. The first-order valence-electron chi connectivity index (χ1n) is 8.28. The van der Waals surface area contributed by atoms with Crippen LogP contribution in [0.2, 0.25) is 0 Å². The van der Waals surface area contributed by atoms with Gasteiger partial charge in [0.25, 0.3) is 0 Å². The van der Waals surface area contributed by atoms with Gasteiger partial charge in [-0.3, -0.25) is 9.59 Å². The number of rotatable bonds is 8. The Labute approximate surface area is 146 Å². The van der Waals surface area contributed by atoms with Crippen molar-refractivity contribution in [2.75, 3.05) is 32.1 Å². The molecule has 0 heterocycles. The van der Waals surface area contributed by atoms with Gasteiger partial charge in [0.05, 0.1) is 20.2 Å². The van der Waals surface area contributed by atoms with E-state index in [-0.39, 0.29) is 37.0 Å². The van der Waals surface area contributed by atoms with Crippen LogP contribution in [0.3, 0.4) is 0 Å². The molecule has 1 fully saturated rings. The lowest BCUT2D eigenvalue weighted by atomic mass is 10.3. The summed E-state index contributed by atoms with van der Waals surface area (Å²) in [6.07, 6.45) is 1.96. The van der Waals surface area contributed by atoms with Crippen molar-refractivity contribution in [2.24, 2.45) is 0 Å². The van der Waals surface area contributed by atoms with E-state index in [0.717, 1.165) is 12.8 Å². The second-order valence-electron chi connectivity index (χ2n) is 5.79. The van der Waals surface area contributed by atoms with E-state index in [9.17, 15) is 14.4 Å². The van der Waals surface area contributed by atoms with E-state index >= 15 is 0 Å². The average Bonchev–Trinajstić information content (AvgIpc) is 3.42. The number of amides is 4. The molecule has 136 valence electrons. The topological polar surface area (TPSA) is 99.8 Å². The Kier molecular flexibility index (Phi) is 6.62. The van der Waals surface area contributed by atoms with Crippen LogP contribution in [-0.2, 0) is 9.59 Å². The quantitative estimate of drug-likeness (QED) is 0.651. The van der Waals surface area contributed by atoms with Crippen molar-refractivity contribution in [3.05, 3.63) is 24.3 Å². The molecule has 8 heteroatoms. The molecule has 1 aliphatic carbocycles. The van der Waals surface area contributed by atoms with Crippen LogP contribution in [0.5, 0.6) is 5.75 Å². The number of nitrogens with one attached hydrogen (secondary N) is 3. The number of urea groups is 1. The van der Waals surface area contributed by atoms with Crippen LogP contribution in [-0.4, -0.2) is 55.5 Å². The highest BCUT2D eigenvalue weighted by atomic mass is 16.5. The fraction of sp³-hybridized carbons (Fsp3) is 0.471. The maximum Gasteiger partial charge on any atom is 0.315 e. The molecule has 3 N–H and O–H groups in total. The number of methoxy groups -OCH3 is 1. The fourth-order valence-electron chi connectivity index (χ4n) is 2.16. The molecular weight excluding hydrogens is 324 g/mol. The molecule has 0 spiro atoms. The third-order valence-electron chi connectivity index (χ3n) is 3.76. The minimum Gasteiger partial charge on any atom is -0.497 e. The van der Waals surface area contributed by atoms with Gasteiger partial charge in [-0.15, -0.1) is 0 Å². The number of hydrogen-bond donors (Lipinski definition) is 3. The molecule has 4 amide bonds. The lowest BCUT2D eigenvalue weighted by molar-refractivity contribution is -0.133. The minimum atomic E-state index is -0.352. The fourth-order valence-corrected chi connectivity index (χ4v) is 2.16. The summed E-state index contributed by atoms with van der Waals surface area (Å²) in [5, 5.41) is 7.98. The van der Waals surface area contributed by atoms with Crippen LogP contribution in [0.1, 0.15) is 19.8 Å². The van der Waals surface area contributed by atoms with Crippen molar-refractivity contribution in [3.63, 3.8) is 0 Å². The van der Waals surface area contributed by atoms with Gasteiger partial charge in [-0.25, -0.2) is 4.79 Å². The Balaban J connectivity index is 1.76. The number of carbonyl (C=O) groups is 3. The van der Waals surface area contributed by atoms with Crippen molar-refractivity contribution in [3.8, 4) is 5.75 Å². The molecule has 0 bridgehead atoms. The first kappa shape index (κ1) is 18.6. The molecule has 0 atom stereocenters. The zero-order valence-corrected chi connectivity index (χ0v) is 14.5. The van der Waals surface area contributed by atoms with E-state index in [4.69, 9.17) is 4.74 Å². The highest BCUT2D eigenvalue weighted by molar-refractivity contribution is 5.95. The van der Waals surface area contributed by atoms with Gasteiger partial charge in [-0.05, 0) is 44.0 Å². The molecule has 2 rings (SSSR count). The number of ether oxygens (including phenoxy) is 1. The van der Waals surface area contributed by atoms with Crippen molar-refractivity contribution >= 4 is 23.5 Å². The predicted octanol–water partition coefficient (Wildman–Crippen LogP) is 0.944. The molecule has 25 heavy (non-hydrogen) atoms. The number of carbonyl (C=O) groups excluding carboxylic acids is 3. The average molecular weight is 348 g/mol. The lowest BCUT2D eigenvalue weighted by Gasteiger charge is -2.20. The van der Waals surface area contributed by atoms with E-state index in [1.807, 2.05) is 0 Å². The van der Waals surface area contributed by atoms with Crippen LogP contribution >= 0.6 is 0 Å². The number of likely N-dealkylation sites (N-methyl/N-ethyl adjacent to an activating group) is 1. The number of benzene rings is 1. The zero-order valence-electron chi connectivity index (χ0n) is 14.5. The van der Waals surface area contributed by atoms with Gasteiger partial charge in [0.1, 0.15) is 5.75 Å². The summed E-state index contributed by atoms with van der Waals surface area (Å²) < 4.78 is 5.06. The van der Waals surface area contributed by atoms with Crippen molar-refractivity contribution < 1.29 is 19.1 Å². The molecule has 8 nitrogen and oxygen atoms in total. The molecule has 0 aromatic heterocycles. The van der Waals surface area contributed by atoms with E-state index in [1.54, 1.807) is 38.3 Å². The van der Waals surface area contributed by atoms with E-state index < -0.39 is 0 Å². The van der Waals surface area contributed by atoms with Crippen LogP contribution in [0, 0.1) is 0 Å². The summed E-state index contributed by atoms with van der Waals surface area (Å²) >= 11 is 0. The summed E-state index contributed by atoms with van der Waals surface area (Å²) in [4.78, 5) is 37.2. The molecule has 1 aromatic carbocycles. The smallest absolute Gasteiger partial charge is 0.315 e. The van der Waals surface area contributed by atoms with Gasteiger partial charge in [0, 0.05) is 18.3 Å². The highest BCUT2D eigenvalue weighted by Crippen LogP contribution is 2.18. The Hall–Kier alpha value is -2.77. The molecular formula is C17H24N4O4. The second-order valence-corrected chi connectivity index (χ2v) is 5.79. The van der Waals surface area contributed by atoms with Gasteiger partial charge < -0.3 is 25.6 Å². The Morgan fingerprint density at radius 2 is 1.88 bits per heavy atom. The van der Waals surface area contributed by atoms with Crippen LogP contribution < -0.4 is 20.7 Å². The summed E-state index contributed by atoms with van der Waals surface area (Å²) in [6, 6.07) is 6.79. The lowest BCUT2D eigenvalue weighted by Crippen LogP contribution is -2.46. The Morgan fingerprint density at radius 3 is 2.44 bits per heavy atom. The summed E-state index contributed by atoms with van der Waals surface area (Å²) in [5.41, 5.74) is 0.622. The number of anilines is 1. The molecule has 0 radical (unpaired) electrons. The largest absolute Gasteiger partial charge is 0.497 e. The van der Waals surface area contributed by atoms with Gasteiger partial charge in [0.2, 0.25) is 11.8 Å². The molecule has 1 aromatic rings. The maximum atomic E-state index is 12.1. The summed E-state index contributed by atoms with van der Waals surface area (Å²) in [7, 11) is 1.57. The number of hydrogen-bond acceptors (Lipinski definition) is 4. The second kappa shape index (κ2) is 8.91. The number of nitrogens with zero attached hydrogens (tertiary/aromatic N) is 1. The van der Waals surface area contributed by atoms with Crippen molar-refractivity contribution in [1.82, 2.24) is 15.5 Å². The Bertz CT molecular complexity index is 614. The van der Waals surface area contributed by atoms with E-state index in [1.165, 1.54) is 4.90 Å². The van der Waals surface area contributed by atoms with Gasteiger partial charge in [-0.1, -0.05) is 0 Å². The highest BCUT2D eigenvalue weighted by Gasteiger charge is 2.23. The Morgan fingerprint density at radius 1 is 1.20 bits per heavy atom. The van der Waals surface area contributed by atoms with Crippen LogP contribution in [0.25, 0.3) is 0 Å². The van der Waals surface area contributed by atoms with E-state index in [2.05, 4.69) is 16.0 Å². The third kappa shape index (κ3) is 6.33. The first-order chi connectivity index (χ1) is 12.0. The maximum absolute atomic E-state index is 12.1. The van der Waals surface area contributed by atoms with Crippen molar-refractivity contribution in [2.45, 2.75) is 25.8 Å².